The third-order valence-corrected chi connectivity index (χ3v) is 9.36. The predicted octanol–water partition coefficient (Wildman–Crippen LogP) is 6.81. The number of nitrogens with zero attached hydrogens (tertiary/aromatic N) is 4. The van der Waals surface area contributed by atoms with Crippen LogP contribution >= 0.6 is 0 Å². The summed E-state index contributed by atoms with van der Waals surface area (Å²) in [6.45, 7) is 2.95. The van der Waals surface area contributed by atoms with Crippen LogP contribution in [0, 0.1) is 0 Å². The minimum atomic E-state index is -0.960. The Morgan fingerprint density at radius 2 is 1.47 bits per heavy atom. The highest BCUT2D eigenvalue weighted by Gasteiger charge is 2.41. The van der Waals surface area contributed by atoms with Gasteiger partial charge in [0.2, 0.25) is 11.8 Å². The minimum absolute atomic E-state index is 0.120. The average molecular weight is 655 g/mol. The fourth-order valence-corrected chi connectivity index (χ4v) is 6.80. The summed E-state index contributed by atoms with van der Waals surface area (Å²) < 4.78 is 2.23. The number of carboxylic acid groups (broad SMARTS) is 1. The lowest BCUT2D eigenvalue weighted by Crippen LogP contribution is -2.53. The molecule has 1 atom stereocenters. The molecule has 1 unspecified atom stereocenters. The first kappa shape index (κ1) is 33.4. The first-order valence-corrected chi connectivity index (χ1v) is 16.9. The summed E-state index contributed by atoms with van der Waals surface area (Å²) in [5.41, 5.74) is 6.37. The maximum Gasteiger partial charge on any atom is 0.336 e. The zero-order chi connectivity index (χ0) is 34.5. The van der Waals surface area contributed by atoms with E-state index in [4.69, 9.17) is 4.98 Å². The van der Waals surface area contributed by atoms with Crippen LogP contribution in [0.15, 0.2) is 109 Å². The number of rotatable bonds is 11. The Morgan fingerprint density at radius 3 is 2.06 bits per heavy atom. The van der Waals surface area contributed by atoms with Crippen molar-refractivity contribution in [1.82, 2.24) is 19.4 Å². The van der Waals surface area contributed by atoms with E-state index in [1.165, 1.54) is 0 Å². The highest BCUT2D eigenvalue weighted by atomic mass is 16.4. The molecule has 0 spiro atoms. The number of carbonyl (C=O) groups is 3. The van der Waals surface area contributed by atoms with Crippen LogP contribution in [0.25, 0.3) is 11.1 Å². The Morgan fingerprint density at radius 1 is 0.857 bits per heavy atom. The number of carboxylic acids is 1. The molecule has 49 heavy (non-hydrogen) atoms. The maximum absolute atomic E-state index is 14.7. The maximum atomic E-state index is 14.7. The molecular formula is C41H42N4O4. The van der Waals surface area contributed by atoms with Crippen LogP contribution in [0.4, 0.5) is 0 Å². The molecule has 1 aliphatic heterocycles. The zero-order valence-electron chi connectivity index (χ0n) is 28.3. The molecule has 0 bridgehead atoms. The molecule has 1 aliphatic rings. The first-order valence-electron chi connectivity index (χ1n) is 16.9. The second-order valence-corrected chi connectivity index (χ2v) is 12.8. The molecule has 0 saturated heterocycles. The fourth-order valence-electron chi connectivity index (χ4n) is 6.80. The lowest BCUT2D eigenvalue weighted by atomic mass is 9.88. The quantitative estimate of drug-likeness (QED) is 0.169. The summed E-state index contributed by atoms with van der Waals surface area (Å²) in [4.78, 5) is 48.9. The van der Waals surface area contributed by atoms with Gasteiger partial charge >= 0.3 is 5.97 Å². The van der Waals surface area contributed by atoms with Crippen molar-refractivity contribution in [3.63, 3.8) is 0 Å². The molecule has 6 rings (SSSR count). The number of unbranched alkanes of at least 4 members (excludes halogenated alkanes) is 1. The van der Waals surface area contributed by atoms with Gasteiger partial charge in [-0.3, -0.25) is 9.59 Å². The van der Waals surface area contributed by atoms with Crippen molar-refractivity contribution in [2.24, 2.45) is 0 Å². The van der Waals surface area contributed by atoms with Gasteiger partial charge < -0.3 is 19.5 Å². The number of imidazole rings is 1. The number of aryl methyl sites for hydroxylation is 1. The Kier molecular flexibility index (Phi) is 10.0. The Bertz CT molecular complexity index is 1890. The standard InChI is InChI=1S/C41H42N4O4/c1-4-5-20-37-42-34-27-45(40(47)38(30-14-8-6-9-15-30)31-16-10-7-11-17-31)36(39(46)43(2)3)25-35(34)44(37)26-28-21-23-29(24-22-28)32-18-12-13-19-33(32)41(48)49/h6-19,21-24,36,38H,4-5,20,25-27H2,1-3H3,(H,48,49). The smallest absolute Gasteiger partial charge is 0.336 e. The van der Waals surface area contributed by atoms with Crippen molar-refractivity contribution in [3.05, 3.63) is 149 Å². The van der Waals surface area contributed by atoms with Crippen molar-refractivity contribution in [3.8, 4) is 11.1 Å². The Hall–Kier alpha value is -5.50. The van der Waals surface area contributed by atoms with Crippen LogP contribution < -0.4 is 0 Å². The van der Waals surface area contributed by atoms with Gasteiger partial charge in [-0.05, 0) is 40.3 Å². The molecular weight excluding hydrogens is 612 g/mol. The Labute approximate surface area is 287 Å². The van der Waals surface area contributed by atoms with E-state index in [0.29, 0.717) is 18.5 Å². The number of amides is 2. The number of hydrogen-bond acceptors (Lipinski definition) is 4. The molecule has 2 heterocycles. The second-order valence-electron chi connectivity index (χ2n) is 12.8. The molecule has 2 amide bonds. The van der Waals surface area contributed by atoms with E-state index >= 15 is 0 Å². The average Bonchev–Trinajstić information content (AvgIpc) is 3.46. The largest absolute Gasteiger partial charge is 0.478 e. The lowest BCUT2D eigenvalue weighted by Gasteiger charge is -2.38. The summed E-state index contributed by atoms with van der Waals surface area (Å²) in [7, 11) is 3.47. The van der Waals surface area contributed by atoms with Crippen molar-refractivity contribution < 1.29 is 19.5 Å². The van der Waals surface area contributed by atoms with Crippen LogP contribution in [-0.2, 0) is 35.5 Å². The van der Waals surface area contributed by atoms with Crippen molar-refractivity contribution >= 4 is 17.8 Å². The number of hydrogen-bond donors (Lipinski definition) is 1. The van der Waals surface area contributed by atoms with Crippen LogP contribution in [0.3, 0.4) is 0 Å². The summed E-state index contributed by atoms with van der Waals surface area (Å²) in [5.74, 6) is -0.820. The van der Waals surface area contributed by atoms with E-state index in [9.17, 15) is 19.5 Å². The molecule has 8 heteroatoms. The van der Waals surface area contributed by atoms with Gasteiger partial charge in [0, 0.05) is 39.2 Å². The molecule has 8 nitrogen and oxygen atoms in total. The van der Waals surface area contributed by atoms with E-state index in [2.05, 4.69) is 11.5 Å². The lowest BCUT2D eigenvalue weighted by molar-refractivity contribution is -0.146. The third kappa shape index (κ3) is 7.04. The van der Waals surface area contributed by atoms with E-state index in [1.807, 2.05) is 97.1 Å². The van der Waals surface area contributed by atoms with E-state index in [-0.39, 0.29) is 23.9 Å². The summed E-state index contributed by atoms with van der Waals surface area (Å²) >= 11 is 0. The van der Waals surface area contributed by atoms with Gasteiger partial charge in [0.1, 0.15) is 11.9 Å². The SMILES string of the molecule is CCCCc1nc2c(n1Cc1ccc(-c3ccccc3C(=O)O)cc1)CC(C(=O)N(C)C)N(C(=O)C(c1ccccc1)c1ccccc1)C2. The topological polar surface area (TPSA) is 95.7 Å². The summed E-state index contributed by atoms with van der Waals surface area (Å²) in [6, 6.07) is 33.8. The van der Waals surface area contributed by atoms with E-state index in [0.717, 1.165) is 58.7 Å². The number of carbonyl (C=O) groups excluding carboxylic acids is 2. The summed E-state index contributed by atoms with van der Waals surface area (Å²) in [5, 5.41) is 9.70. The van der Waals surface area contributed by atoms with Gasteiger partial charge in [-0.25, -0.2) is 9.78 Å². The molecule has 0 aliphatic carbocycles. The first-order chi connectivity index (χ1) is 23.8. The monoisotopic (exact) mass is 654 g/mol. The van der Waals surface area contributed by atoms with Crippen LogP contribution in [0.2, 0.25) is 0 Å². The van der Waals surface area contributed by atoms with Gasteiger partial charge in [0.25, 0.3) is 0 Å². The number of benzene rings is 4. The number of aromatic carboxylic acids is 1. The Balaban J connectivity index is 1.37. The van der Waals surface area contributed by atoms with Gasteiger partial charge in [0.15, 0.2) is 0 Å². The second kappa shape index (κ2) is 14.7. The summed E-state index contributed by atoms with van der Waals surface area (Å²) in [6.07, 6.45) is 3.12. The van der Waals surface area contributed by atoms with E-state index < -0.39 is 17.9 Å². The third-order valence-electron chi connectivity index (χ3n) is 9.36. The van der Waals surface area contributed by atoms with Crippen molar-refractivity contribution in [2.45, 2.75) is 57.7 Å². The number of aromatic nitrogens is 2. The van der Waals surface area contributed by atoms with Gasteiger partial charge in [0.05, 0.1) is 23.7 Å². The predicted molar refractivity (Wildman–Crippen MR) is 190 cm³/mol. The number of likely N-dealkylation sites (N-methyl/N-ethyl adjacent to an activating group) is 1. The molecule has 0 saturated carbocycles. The minimum Gasteiger partial charge on any atom is -0.478 e. The fraction of sp³-hybridized carbons (Fsp3) is 0.268. The highest BCUT2D eigenvalue weighted by molar-refractivity contribution is 5.96. The molecule has 4 aromatic carbocycles. The number of fused-ring (bicyclic) bond motifs is 1. The molecule has 1 N–H and O–H groups in total. The van der Waals surface area contributed by atoms with Crippen LogP contribution in [-0.4, -0.2) is 62.4 Å². The molecule has 5 aromatic rings. The van der Waals surface area contributed by atoms with Crippen molar-refractivity contribution in [1.29, 1.82) is 0 Å². The van der Waals surface area contributed by atoms with E-state index in [1.54, 1.807) is 36.0 Å². The van der Waals surface area contributed by atoms with Crippen LogP contribution in [0.5, 0.6) is 0 Å². The molecule has 0 fully saturated rings. The molecule has 250 valence electrons. The van der Waals surface area contributed by atoms with Gasteiger partial charge in [-0.2, -0.15) is 0 Å². The molecule has 1 aromatic heterocycles. The van der Waals surface area contributed by atoms with Gasteiger partial charge in [-0.15, -0.1) is 0 Å². The zero-order valence-corrected chi connectivity index (χ0v) is 28.3. The van der Waals surface area contributed by atoms with Gasteiger partial charge in [-0.1, -0.05) is 116 Å². The van der Waals surface area contributed by atoms with Crippen LogP contribution in [0.1, 0.15) is 69.9 Å². The highest BCUT2D eigenvalue weighted by Crippen LogP contribution is 2.33. The molecule has 0 radical (unpaired) electrons. The van der Waals surface area contributed by atoms with Crippen molar-refractivity contribution in [2.75, 3.05) is 14.1 Å². The normalized spacial score (nSPS) is 14.0.